The molecule has 444 valence electrons. The smallest absolute Gasteiger partial charge is 0.223 e. The molecule has 83 heavy (non-hydrogen) atoms. The molecular formula is C67H87N7O9. The van der Waals surface area contributed by atoms with E-state index in [0.717, 1.165) is 94.6 Å². The van der Waals surface area contributed by atoms with Crippen molar-refractivity contribution in [3.8, 4) is 11.3 Å². The second-order valence-corrected chi connectivity index (χ2v) is 21.5. The number of aromatic nitrogens is 5. The van der Waals surface area contributed by atoms with Crippen LogP contribution in [-0.4, -0.2) is 135 Å². The van der Waals surface area contributed by atoms with E-state index in [9.17, 15) is 33.6 Å². The van der Waals surface area contributed by atoms with Gasteiger partial charge in [0, 0.05) is 123 Å². The quantitative estimate of drug-likeness (QED) is 0.0684. The van der Waals surface area contributed by atoms with Gasteiger partial charge in [0.1, 0.15) is 34.6 Å². The molecule has 10 rings (SSSR count). The highest BCUT2D eigenvalue weighted by molar-refractivity contribution is 5.93. The van der Waals surface area contributed by atoms with Gasteiger partial charge in [0.05, 0.1) is 32.1 Å². The van der Waals surface area contributed by atoms with Gasteiger partial charge in [-0.3, -0.25) is 29.4 Å². The van der Waals surface area contributed by atoms with Crippen LogP contribution < -0.4 is 0 Å². The van der Waals surface area contributed by atoms with Gasteiger partial charge in [0.15, 0.2) is 5.78 Å². The monoisotopic (exact) mass is 1130 g/mol. The number of benzene rings is 3. The molecule has 1 aliphatic carbocycles. The van der Waals surface area contributed by atoms with E-state index < -0.39 is 0 Å². The van der Waals surface area contributed by atoms with E-state index in [2.05, 4.69) is 78.6 Å². The second kappa shape index (κ2) is 36.8. The van der Waals surface area contributed by atoms with E-state index in [4.69, 9.17) is 9.47 Å². The zero-order valence-corrected chi connectivity index (χ0v) is 49.7. The topological polar surface area (TPSA) is 218 Å². The number of para-hydroxylation sites is 2. The molecule has 2 saturated heterocycles. The SMILES string of the molecule is CC(=O)C1CCC(c2ccccc2)CC1.CC(=O)CCC(=O)N1CCOCC1.CC(=O)CCCN1CCOCC1.CC(=O)CCCc1c[nH]c2ccccc12.CC(=O)CCc1c[nH]c2ccccc12.CC(=O)c1cc(-c2ccncc2)n[nH]1. The molecule has 0 atom stereocenters. The summed E-state index contributed by atoms with van der Waals surface area (Å²) in [6.07, 6.45) is 18.4. The van der Waals surface area contributed by atoms with Crippen LogP contribution in [0.5, 0.6) is 0 Å². The summed E-state index contributed by atoms with van der Waals surface area (Å²) in [4.78, 5) is 91.1. The zero-order chi connectivity index (χ0) is 59.8. The highest BCUT2D eigenvalue weighted by atomic mass is 16.5. The number of Topliss-reactive ketones (excluding diaryl/α,β-unsaturated/α-hetero) is 6. The summed E-state index contributed by atoms with van der Waals surface area (Å²) in [7, 11) is 0. The molecule has 3 fully saturated rings. The molecule has 16 nitrogen and oxygen atoms in total. The minimum Gasteiger partial charge on any atom is -0.379 e. The van der Waals surface area contributed by atoms with Crippen molar-refractivity contribution in [1.82, 2.24) is 34.9 Å². The number of morpholine rings is 2. The Hall–Kier alpha value is -7.53. The first-order valence-corrected chi connectivity index (χ1v) is 29.3. The Morgan fingerprint density at radius 2 is 1.07 bits per heavy atom. The van der Waals surface area contributed by atoms with E-state index in [1.807, 2.05) is 54.9 Å². The Morgan fingerprint density at radius 1 is 0.554 bits per heavy atom. The van der Waals surface area contributed by atoms with Crippen LogP contribution in [0.1, 0.15) is 145 Å². The van der Waals surface area contributed by atoms with Crippen LogP contribution in [-0.2, 0) is 51.1 Å². The number of nitrogens with zero attached hydrogens (tertiary/aromatic N) is 4. The predicted octanol–water partition coefficient (Wildman–Crippen LogP) is 11.9. The number of carbonyl (C=O) groups excluding carboxylic acids is 7. The maximum atomic E-state index is 11.4. The molecule has 0 bridgehead atoms. The van der Waals surface area contributed by atoms with Gasteiger partial charge in [-0.1, -0.05) is 66.7 Å². The van der Waals surface area contributed by atoms with Gasteiger partial charge in [-0.2, -0.15) is 5.10 Å². The van der Waals surface area contributed by atoms with Gasteiger partial charge < -0.3 is 43.5 Å². The zero-order valence-electron chi connectivity index (χ0n) is 49.7. The number of pyridine rings is 1. The first-order chi connectivity index (χ1) is 40.1. The Morgan fingerprint density at radius 3 is 1.60 bits per heavy atom. The standard InChI is InChI=1S/C14H18O.C13H15NO.C12H13NO.C10H9N3O.C9H15NO3.C9H17NO2/c1-11(15)12-7-9-14(10-8-12)13-5-3-2-4-6-13;1-10(15)5-4-6-11-9-14-13-8-3-2-7-12(11)13;1-9(14)6-7-10-8-13-12-5-3-2-4-11(10)12;1-7(14)9-6-10(13-12-9)8-2-4-11-5-3-8;1-8(11)2-3-9(12)10-4-6-13-7-5-10;1-9(11)3-2-4-10-5-7-12-8-6-10/h2-6,12,14H,7-10H2,1H3;2-3,7-9,14H,4-6H2,1H3;2-5,8,13H,6-7H2,1H3;2-6H,1H3,(H,12,13);2-7H2,1H3;2-8H2,1H3. The van der Waals surface area contributed by atoms with Gasteiger partial charge in [-0.15, -0.1) is 0 Å². The molecule has 6 heterocycles. The number of ketones is 6. The molecular weight excluding hydrogens is 1050 g/mol. The average Bonchev–Trinajstić information content (AvgIpc) is 4.32. The van der Waals surface area contributed by atoms with Crippen LogP contribution in [0.25, 0.3) is 33.1 Å². The average molecular weight is 1130 g/mol. The van der Waals surface area contributed by atoms with Crippen molar-refractivity contribution in [3.63, 3.8) is 0 Å². The van der Waals surface area contributed by atoms with Gasteiger partial charge in [0.2, 0.25) is 5.91 Å². The van der Waals surface area contributed by atoms with Crippen LogP contribution in [0.4, 0.5) is 0 Å². The lowest BCUT2D eigenvalue weighted by molar-refractivity contribution is -0.136. The third-order valence-electron chi connectivity index (χ3n) is 14.7. The van der Waals surface area contributed by atoms with Crippen LogP contribution in [0.15, 0.2) is 122 Å². The third-order valence-corrected chi connectivity index (χ3v) is 14.7. The maximum absolute atomic E-state index is 11.4. The largest absolute Gasteiger partial charge is 0.379 e. The number of H-pyrrole nitrogens is 3. The number of amides is 1. The van der Waals surface area contributed by atoms with Gasteiger partial charge >= 0.3 is 0 Å². The molecule has 0 unspecified atom stereocenters. The normalized spacial score (nSPS) is 15.7. The molecule has 1 amide bonds. The highest BCUT2D eigenvalue weighted by Crippen LogP contribution is 2.36. The second-order valence-electron chi connectivity index (χ2n) is 21.5. The Labute approximate surface area is 489 Å². The first kappa shape index (κ1) is 66.3. The van der Waals surface area contributed by atoms with Crippen molar-refractivity contribution in [1.29, 1.82) is 0 Å². The van der Waals surface area contributed by atoms with Gasteiger partial charge in [-0.05, 0) is 145 Å². The number of aromatic amines is 3. The number of rotatable bonds is 18. The molecule has 0 spiro atoms. The summed E-state index contributed by atoms with van der Waals surface area (Å²) in [6, 6.07) is 32.5. The molecule has 3 aliphatic rings. The van der Waals surface area contributed by atoms with Gasteiger partial charge in [-0.25, -0.2) is 0 Å². The summed E-state index contributed by atoms with van der Waals surface area (Å²) < 4.78 is 10.3. The fourth-order valence-corrected chi connectivity index (χ4v) is 9.88. The van der Waals surface area contributed by atoms with E-state index in [1.54, 1.807) is 51.1 Å². The summed E-state index contributed by atoms with van der Waals surface area (Å²) in [5.74, 6) is 2.33. The lowest BCUT2D eigenvalue weighted by Gasteiger charge is -2.27. The number of aryl methyl sites for hydroxylation is 2. The summed E-state index contributed by atoms with van der Waals surface area (Å²) >= 11 is 0. The molecule has 7 aromatic rings. The maximum Gasteiger partial charge on any atom is 0.223 e. The van der Waals surface area contributed by atoms with Crippen molar-refractivity contribution in [2.24, 2.45) is 5.92 Å². The number of fused-ring (bicyclic) bond motifs is 2. The van der Waals surface area contributed by atoms with Crippen molar-refractivity contribution in [3.05, 3.63) is 144 Å². The Kier molecular flexibility index (Phi) is 29.4. The summed E-state index contributed by atoms with van der Waals surface area (Å²) in [5, 5.41) is 9.23. The van der Waals surface area contributed by atoms with E-state index >= 15 is 0 Å². The summed E-state index contributed by atoms with van der Waals surface area (Å²) in [5.41, 5.74) is 8.54. The molecule has 0 radical (unpaired) electrons. The summed E-state index contributed by atoms with van der Waals surface area (Å²) in [6.45, 7) is 17.0. The predicted molar refractivity (Wildman–Crippen MR) is 327 cm³/mol. The van der Waals surface area contributed by atoms with Crippen LogP contribution in [0.3, 0.4) is 0 Å². The molecule has 3 N–H and O–H groups in total. The van der Waals surface area contributed by atoms with E-state index in [0.29, 0.717) is 81.1 Å². The third kappa shape index (κ3) is 24.8. The number of ether oxygens (including phenoxy) is 2. The minimum atomic E-state index is -0.0159. The first-order valence-electron chi connectivity index (χ1n) is 29.3. The Bertz CT molecular complexity index is 3070. The molecule has 16 heteroatoms. The lowest BCUT2D eigenvalue weighted by atomic mass is 9.77. The molecule has 4 aromatic heterocycles. The number of nitrogens with one attached hydrogen (secondary N) is 3. The molecule has 2 aliphatic heterocycles. The Balaban J connectivity index is 0.000000183. The van der Waals surface area contributed by atoms with Crippen molar-refractivity contribution < 1.29 is 43.0 Å². The van der Waals surface area contributed by atoms with Crippen molar-refractivity contribution in [2.45, 2.75) is 131 Å². The minimum absolute atomic E-state index is 0.0159. The number of hydrogen-bond acceptors (Lipinski definition) is 12. The van der Waals surface area contributed by atoms with Crippen LogP contribution in [0.2, 0.25) is 0 Å². The van der Waals surface area contributed by atoms with Crippen LogP contribution >= 0.6 is 0 Å². The fraction of sp³-hybridized carbons (Fsp3) is 0.448. The molecule has 3 aromatic carbocycles. The van der Waals surface area contributed by atoms with E-state index in [1.165, 1.54) is 59.7 Å². The van der Waals surface area contributed by atoms with Crippen LogP contribution in [0, 0.1) is 5.92 Å². The number of carbonyl (C=O) groups is 7. The van der Waals surface area contributed by atoms with Crippen molar-refractivity contribution >= 4 is 62.4 Å². The van der Waals surface area contributed by atoms with E-state index in [-0.39, 0.29) is 29.0 Å². The molecule has 1 saturated carbocycles. The number of hydrogen-bond donors (Lipinski definition) is 3. The van der Waals surface area contributed by atoms with Crippen molar-refractivity contribution in [2.75, 3.05) is 59.2 Å². The fourth-order valence-electron chi connectivity index (χ4n) is 9.88. The highest BCUT2D eigenvalue weighted by Gasteiger charge is 2.24. The lowest BCUT2D eigenvalue weighted by Crippen LogP contribution is -2.40. The van der Waals surface area contributed by atoms with Gasteiger partial charge in [0.25, 0.3) is 0 Å².